The molecule has 0 atom stereocenters. The number of hydrogen-bond donors (Lipinski definition) is 0. The van der Waals surface area contributed by atoms with Crippen molar-refractivity contribution >= 4 is 0 Å². The first-order valence-electron chi connectivity index (χ1n) is 0. The average molecular weight is 343 g/mol. The Balaban J connectivity index is 0. The predicted octanol–water partition coefficient (Wildman–Crippen LogP) is -0.356. The van der Waals surface area contributed by atoms with Crippen LogP contribution >= 0.6 is 0 Å². The molecule has 0 aromatic carbocycles. The van der Waals surface area contributed by atoms with Gasteiger partial charge in [-0.15, -0.1) is 0 Å². The fourth-order valence-corrected chi connectivity index (χ4v) is 0. The summed E-state index contributed by atoms with van der Waals surface area (Å²) in [5, 5.41) is 0. The summed E-state index contributed by atoms with van der Waals surface area (Å²) in [5.74, 6) is 0. The van der Waals surface area contributed by atoms with Crippen molar-refractivity contribution in [2.45, 2.75) is 0 Å². The monoisotopic (exact) mass is 342 g/mol. The van der Waals surface area contributed by atoms with Gasteiger partial charge in [0, 0.05) is 0 Å². The fraction of sp³-hybridized carbons (Fsp3) is 0. The molecule has 0 rings (SSSR count). The zero-order valence-electron chi connectivity index (χ0n) is 2.13. The van der Waals surface area contributed by atoms with Crippen LogP contribution in [0.3, 0.4) is 0 Å². The molecule has 0 spiro atoms. The molecule has 0 aliphatic carbocycles. The molecule has 0 fully saturated rings. The van der Waals surface area contributed by atoms with Crippen LogP contribution in [-0.4, -0.2) is 0 Å². The molecular weight excluding hydrogens is 343 g/mol. The third-order valence-corrected chi connectivity index (χ3v) is 0. The summed E-state index contributed by atoms with van der Waals surface area (Å²) in [4.78, 5) is 0. The quantitative estimate of drug-likeness (QED) is 0.576. The van der Waals surface area contributed by atoms with Gasteiger partial charge in [-0.3, -0.25) is 0 Å². The van der Waals surface area contributed by atoms with Gasteiger partial charge in [0.25, 0.3) is 0 Å². The minimum absolute atomic E-state index is 0. The Morgan fingerprint density at radius 3 is 0.600 bits per heavy atom. The van der Waals surface area contributed by atoms with E-state index in [4.69, 9.17) is 0 Å². The molecule has 28 valence electrons. The third-order valence-electron chi connectivity index (χ3n) is 0. The van der Waals surface area contributed by atoms with E-state index in [2.05, 4.69) is 0 Å². The summed E-state index contributed by atoms with van der Waals surface area (Å²) in [6.45, 7) is 0. The molecule has 2 radical (unpaired) electrons. The van der Waals surface area contributed by atoms with Crippen molar-refractivity contribution < 1.29 is 97.7 Å². The minimum atomic E-state index is 0. The summed E-state index contributed by atoms with van der Waals surface area (Å²) in [7, 11) is 0. The zero-order chi connectivity index (χ0) is 0. The third kappa shape index (κ3) is 20.8. The average Bonchev–Trinajstić information content (AvgIpc) is 0. The topological polar surface area (TPSA) is 85.5 Å². The van der Waals surface area contributed by atoms with Gasteiger partial charge in [-0.2, -0.15) is 0 Å². The second-order valence-electron chi connectivity index (χ2n) is 0. The largest absolute Gasteiger partial charge is 3.00 e. The predicted molar refractivity (Wildman–Crippen MR) is 2.06 cm³/mol. The van der Waals surface area contributed by atoms with Gasteiger partial charge in [-0.05, 0) is 0 Å². The van der Waals surface area contributed by atoms with Crippen LogP contribution in [0.1, 0.15) is 0 Å². The van der Waals surface area contributed by atoms with Gasteiger partial charge >= 0.3 is 81.2 Å². The van der Waals surface area contributed by atoms with Crippen molar-refractivity contribution in [3.63, 3.8) is 0 Å². The van der Waals surface area contributed by atoms with Crippen LogP contribution in [0.5, 0.6) is 0 Å². The van der Waals surface area contributed by atoms with Gasteiger partial charge in [0.2, 0.25) is 0 Å². The van der Waals surface area contributed by atoms with Crippen LogP contribution in [0.15, 0.2) is 0 Å². The molecule has 0 saturated heterocycles. The standard InChI is InChI=1S/Nd.3O.Sm/q+3;3*-2;+3. The number of hydrogen-bond acceptors (Lipinski definition) is 0. The van der Waals surface area contributed by atoms with Crippen molar-refractivity contribution in [3.8, 4) is 0 Å². The van der Waals surface area contributed by atoms with E-state index in [1.807, 2.05) is 0 Å². The Kier molecular flexibility index (Phi) is 306. The fourth-order valence-electron chi connectivity index (χ4n) is 0. The van der Waals surface area contributed by atoms with Crippen LogP contribution in [0.2, 0.25) is 0 Å². The van der Waals surface area contributed by atoms with E-state index in [1.165, 1.54) is 0 Å². The summed E-state index contributed by atoms with van der Waals surface area (Å²) >= 11 is 0. The van der Waals surface area contributed by atoms with E-state index in [9.17, 15) is 0 Å². The number of rotatable bonds is 0. The maximum atomic E-state index is 0. The van der Waals surface area contributed by atoms with Crippen molar-refractivity contribution in [2.75, 3.05) is 0 Å². The molecule has 0 heterocycles. The molecule has 0 aliphatic rings. The van der Waals surface area contributed by atoms with Crippen LogP contribution in [0, 0.1) is 81.2 Å². The first-order valence-corrected chi connectivity index (χ1v) is 0. The molecular formula is NdO3Sm. The smallest absolute Gasteiger partial charge is 2.00 e. The van der Waals surface area contributed by atoms with Crippen molar-refractivity contribution in [2.24, 2.45) is 0 Å². The van der Waals surface area contributed by atoms with E-state index < -0.39 is 0 Å². The second kappa shape index (κ2) is 30.9. The molecule has 0 aromatic rings. The Labute approximate surface area is 95.4 Å². The molecule has 0 saturated carbocycles. The summed E-state index contributed by atoms with van der Waals surface area (Å²) < 4.78 is 0. The summed E-state index contributed by atoms with van der Waals surface area (Å²) in [6.07, 6.45) is 0. The van der Waals surface area contributed by atoms with Gasteiger partial charge in [-0.25, -0.2) is 0 Å². The van der Waals surface area contributed by atoms with E-state index in [1.54, 1.807) is 0 Å². The Hall–Kier alpha value is 2.57. The van der Waals surface area contributed by atoms with Gasteiger partial charge in [0.1, 0.15) is 0 Å². The molecule has 0 aliphatic heterocycles. The Morgan fingerprint density at radius 1 is 0.600 bits per heavy atom. The van der Waals surface area contributed by atoms with Gasteiger partial charge < -0.3 is 16.4 Å². The first kappa shape index (κ1) is 49.5. The second-order valence-corrected chi connectivity index (χ2v) is 0. The molecule has 0 aromatic heterocycles. The summed E-state index contributed by atoms with van der Waals surface area (Å²) in [6, 6.07) is 0. The van der Waals surface area contributed by atoms with Gasteiger partial charge in [-0.1, -0.05) is 0 Å². The van der Waals surface area contributed by atoms with E-state index >= 15 is 0 Å². The van der Waals surface area contributed by atoms with Crippen LogP contribution < -0.4 is 0 Å². The molecule has 0 amide bonds. The normalized spacial score (nSPS) is 0. The maximum Gasteiger partial charge on any atom is 3.00 e. The molecule has 3 nitrogen and oxygen atoms in total. The van der Waals surface area contributed by atoms with Gasteiger partial charge in [0.15, 0.2) is 0 Å². The van der Waals surface area contributed by atoms with Crippen molar-refractivity contribution in [1.82, 2.24) is 0 Å². The van der Waals surface area contributed by atoms with E-state index in [0.29, 0.717) is 0 Å². The molecule has 5 heavy (non-hydrogen) atoms. The molecule has 0 N–H and O–H groups in total. The molecule has 0 unspecified atom stereocenters. The molecule has 0 bridgehead atoms. The van der Waals surface area contributed by atoms with E-state index in [0.717, 1.165) is 0 Å². The maximum absolute atomic E-state index is 0. The SMILES string of the molecule is [Nd+3].[O-2].[O-2].[O-2].[Sm+3]. The summed E-state index contributed by atoms with van der Waals surface area (Å²) in [5.41, 5.74) is 0. The van der Waals surface area contributed by atoms with Crippen molar-refractivity contribution in [1.29, 1.82) is 0 Å². The molecule has 5 heteroatoms. The van der Waals surface area contributed by atoms with E-state index in [-0.39, 0.29) is 97.7 Å². The Morgan fingerprint density at radius 2 is 0.600 bits per heavy atom. The van der Waals surface area contributed by atoms with Crippen LogP contribution in [0.4, 0.5) is 0 Å². The van der Waals surface area contributed by atoms with Crippen molar-refractivity contribution in [3.05, 3.63) is 0 Å². The van der Waals surface area contributed by atoms with Crippen LogP contribution in [-0.2, 0) is 16.4 Å². The first-order chi connectivity index (χ1) is 0. The minimum Gasteiger partial charge on any atom is -2.00 e. The van der Waals surface area contributed by atoms with Crippen LogP contribution in [0.25, 0.3) is 0 Å². The van der Waals surface area contributed by atoms with Gasteiger partial charge in [0.05, 0.1) is 0 Å². The Bertz CT molecular complexity index is 6.85. The zero-order valence-corrected chi connectivity index (χ0v) is 7.96.